The van der Waals surface area contributed by atoms with Gasteiger partial charge in [-0.15, -0.1) is 0 Å². The van der Waals surface area contributed by atoms with Crippen molar-refractivity contribution in [3.8, 4) is 5.75 Å². The van der Waals surface area contributed by atoms with Gasteiger partial charge in [0.15, 0.2) is 0 Å². The molecule has 0 radical (unpaired) electrons. The van der Waals surface area contributed by atoms with Crippen LogP contribution in [-0.2, 0) is 28.9 Å². The van der Waals surface area contributed by atoms with E-state index in [4.69, 9.17) is 9.47 Å². The summed E-state index contributed by atoms with van der Waals surface area (Å²) >= 11 is 0. The van der Waals surface area contributed by atoms with E-state index in [0.717, 1.165) is 10.9 Å². The molecule has 1 heterocycles. The van der Waals surface area contributed by atoms with Gasteiger partial charge in [-0.25, -0.2) is 4.39 Å². The van der Waals surface area contributed by atoms with Crippen LogP contribution in [0.2, 0.25) is 0 Å². The number of alkyl halides is 2. The maximum absolute atomic E-state index is 15.1. The van der Waals surface area contributed by atoms with Crippen LogP contribution in [0.4, 0.5) is 18.9 Å². The van der Waals surface area contributed by atoms with Crippen LogP contribution in [0.15, 0.2) is 42.5 Å². The molecule has 35 heavy (non-hydrogen) atoms. The number of anilines is 1. The molecule has 1 amide bonds. The standard InChI is InChI=1S/C27H26F3NO4/c1-4-34-23(32)13-16-9-10-22(21(28)12-16)31-14-20-19(11-15(2)3)17-7-5-6-8-18(17)25(35-27(29)30)24(20)26(31)33/h5-10,12,15,27H,4,11,13-14H2,1-3H3. The number of hydrogen-bond acceptors (Lipinski definition) is 4. The molecule has 0 saturated heterocycles. The van der Waals surface area contributed by atoms with Crippen molar-refractivity contribution < 1.29 is 32.2 Å². The van der Waals surface area contributed by atoms with Crippen molar-refractivity contribution in [1.29, 1.82) is 0 Å². The van der Waals surface area contributed by atoms with Crippen LogP contribution in [0.1, 0.15) is 47.8 Å². The molecular weight excluding hydrogens is 459 g/mol. The van der Waals surface area contributed by atoms with Crippen LogP contribution < -0.4 is 9.64 Å². The van der Waals surface area contributed by atoms with Gasteiger partial charge >= 0.3 is 12.6 Å². The molecule has 0 N–H and O–H groups in total. The third-order valence-electron chi connectivity index (χ3n) is 5.94. The summed E-state index contributed by atoms with van der Waals surface area (Å²) in [7, 11) is 0. The number of fused-ring (bicyclic) bond motifs is 2. The first-order valence-electron chi connectivity index (χ1n) is 11.5. The number of halogens is 3. The normalized spacial score (nSPS) is 13.1. The van der Waals surface area contributed by atoms with Crippen LogP contribution in [0.5, 0.6) is 5.75 Å². The van der Waals surface area contributed by atoms with Crippen molar-refractivity contribution in [3.05, 3.63) is 70.5 Å². The Morgan fingerprint density at radius 2 is 1.83 bits per heavy atom. The lowest BCUT2D eigenvalue weighted by Gasteiger charge is -2.18. The van der Waals surface area contributed by atoms with Crippen molar-refractivity contribution in [2.24, 2.45) is 5.92 Å². The fourth-order valence-corrected chi connectivity index (χ4v) is 4.60. The Hall–Kier alpha value is -3.55. The number of rotatable bonds is 8. The van der Waals surface area contributed by atoms with Crippen molar-refractivity contribution in [3.63, 3.8) is 0 Å². The molecule has 184 valence electrons. The molecule has 0 bridgehead atoms. The van der Waals surface area contributed by atoms with Crippen LogP contribution in [0.3, 0.4) is 0 Å². The quantitative estimate of drug-likeness (QED) is 0.365. The summed E-state index contributed by atoms with van der Waals surface area (Å²) in [6.45, 7) is 2.85. The zero-order valence-electron chi connectivity index (χ0n) is 19.7. The van der Waals surface area contributed by atoms with Crippen LogP contribution in [-0.4, -0.2) is 25.1 Å². The number of amides is 1. The first-order valence-corrected chi connectivity index (χ1v) is 11.5. The third kappa shape index (κ3) is 4.83. The van der Waals surface area contributed by atoms with Crippen molar-refractivity contribution in [2.75, 3.05) is 11.5 Å². The smallest absolute Gasteiger partial charge is 0.387 e. The summed E-state index contributed by atoms with van der Waals surface area (Å²) in [6.07, 6.45) is 0.509. The van der Waals surface area contributed by atoms with Gasteiger partial charge < -0.3 is 14.4 Å². The van der Waals surface area contributed by atoms with Gasteiger partial charge in [0, 0.05) is 5.39 Å². The first kappa shape index (κ1) is 24.6. The maximum atomic E-state index is 15.1. The van der Waals surface area contributed by atoms with E-state index in [9.17, 15) is 18.4 Å². The van der Waals surface area contributed by atoms with Gasteiger partial charge in [0.1, 0.15) is 11.6 Å². The van der Waals surface area contributed by atoms with E-state index in [1.807, 2.05) is 19.9 Å². The predicted molar refractivity (Wildman–Crippen MR) is 126 cm³/mol. The molecule has 0 aromatic heterocycles. The molecule has 0 saturated carbocycles. The van der Waals surface area contributed by atoms with Gasteiger partial charge in [0.2, 0.25) is 0 Å². The molecule has 0 atom stereocenters. The Morgan fingerprint density at radius 3 is 2.46 bits per heavy atom. The van der Waals surface area contributed by atoms with E-state index >= 15 is 4.39 Å². The molecule has 0 unspecified atom stereocenters. The predicted octanol–water partition coefficient (Wildman–Crippen LogP) is 6.04. The minimum absolute atomic E-state index is 0.00126. The van der Waals surface area contributed by atoms with E-state index in [1.54, 1.807) is 31.2 Å². The summed E-state index contributed by atoms with van der Waals surface area (Å²) in [4.78, 5) is 26.5. The lowest BCUT2D eigenvalue weighted by Crippen LogP contribution is -2.24. The van der Waals surface area contributed by atoms with Crippen molar-refractivity contribution >= 4 is 28.3 Å². The number of esters is 1. The molecule has 0 fully saturated rings. The first-order chi connectivity index (χ1) is 16.7. The minimum Gasteiger partial charge on any atom is -0.466 e. The topological polar surface area (TPSA) is 55.8 Å². The maximum Gasteiger partial charge on any atom is 0.387 e. The monoisotopic (exact) mass is 485 g/mol. The summed E-state index contributed by atoms with van der Waals surface area (Å²) in [5.41, 5.74) is 1.87. The number of ether oxygens (including phenoxy) is 2. The van der Waals surface area contributed by atoms with E-state index in [-0.39, 0.29) is 42.5 Å². The summed E-state index contributed by atoms with van der Waals surface area (Å²) in [5.74, 6) is -1.75. The lowest BCUT2D eigenvalue weighted by molar-refractivity contribution is -0.142. The molecule has 3 aromatic carbocycles. The average molecular weight is 486 g/mol. The lowest BCUT2D eigenvalue weighted by atomic mass is 9.89. The largest absolute Gasteiger partial charge is 0.466 e. The Balaban J connectivity index is 1.81. The number of hydrogen-bond donors (Lipinski definition) is 0. The van der Waals surface area contributed by atoms with Crippen LogP contribution in [0.25, 0.3) is 10.8 Å². The summed E-state index contributed by atoms with van der Waals surface area (Å²) in [5, 5.41) is 1.15. The van der Waals surface area contributed by atoms with E-state index in [2.05, 4.69) is 0 Å². The zero-order chi connectivity index (χ0) is 25.3. The highest BCUT2D eigenvalue weighted by Gasteiger charge is 2.37. The summed E-state index contributed by atoms with van der Waals surface area (Å²) < 4.78 is 51.7. The highest BCUT2D eigenvalue weighted by molar-refractivity contribution is 6.16. The van der Waals surface area contributed by atoms with Crippen molar-refractivity contribution in [2.45, 2.75) is 46.8 Å². The fourth-order valence-electron chi connectivity index (χ4n) is 4.60. The second kappa shape index (κ2) is 9.98. The van der Waals surface area contributed by atoms with Gasteiger partial charge in [0.05, 0.1) is 30.8 Å². The highest BCUT2D eigenvalue weighted by Crippen LogP contribution is 2.44. The van der Waals surface area contributed by atoms with E-state index < -0.39 is 24.3 Å². The average Bonchev–Trinajstić information content (AvgIpc) is 3.12. The molecular formula is C27H26F3NO4. The molecule has 0 spiro atoms. The second-order valence-electron chi connectivity index (χ2n) is 8.84. The number of carbonyl (C=O) groups is 2. The third-order valence-corrected chi connectivity index (χ3v) is 5.94. The molecule has 8 heteroatoms. The summed E-state index contributed by atoms with van der Waals surface area (Å²) in [6, 6.07) is 11.1. The van der Waals surface area contributed by atoms with Gasteiger partial charge in [0.25, 0.3) is 5.91 Å². The SMILES string of the molecule is CCOC(=O)Cc1ccc(N2Cc3c(c(OC(F)F)c4ccccc4c3CC(C)C)C2=O)c(F)c1. The number of carbonyl (C=O) groups excluding carboxylic acids is 2. The molecule has 5 nitrogen and oxygen atoms in total. The Morgan fingerprint density at radius 1 is 1.11 bits per heavy atom. The highest BCUT2D eigenvalue weighted by atomic mass is 19.3. The Kier molecular flexibility index (Phi) is 7.00. The molecule has 3 aromatic rings. The Bertz CT molecular complexity index is 1290. The van der Waals surface area contributed by atoms with Gasteiger partial charge in [-0.05, 0) is 53.5 Å². The van der Waals surface area contributed by atoms with Crippen LogP contribution in [0, 0.1) is 11.7 Å². The molecule has 0 aliphatic carbocycles. The minimum atomic E-state index is -3.13. The Labute approximate surface area is 201 Å². The number of benzene rings is 3. The fraction of sp³-hybridized carbons (Fsp3) is 0.333. The van der Waals surface area contributed by atoms with E-state index in [0.29, 0.717) is 22.9 Å². The molecule has 1 aliphatic heterocycles. The van der Waals surface area contributed by atoms with Gasteiger partial charge in [-0.3, -0.25) is 9.59 Å². The zero-order valence-corrected chi connectivity index (χ0v) is 19.7. The molecule has 1 aliphatic rings. The molecule has 4 rings (SSSR count). The van der Waals surface area contributed by atoms with Crippen LogP contribution >= 0.6 is 0 Å². The second-order valence-corrected chi connectivity index (χ2v) is 8.84. The van der Waals surface area contributed by atoms with Gasteiger partial charge in [-0.1, -0.05) is 44.2 Å². The van der Waals surface area contributed by atoms with Gasteiger partial charge in [-0.2, -0.15) is 8.78 Å². The van der Waals surface area contributed by atoms with Crippen molar-refractivity contribution in [1.82, 2.24) is 0 Å². The number of nitrogens with zero attached hydrogens (tertiary/aromatic N) is 1. The van der Waals surface area contributed by atoms with E-state index in [1.165, 1.54) is 17.0 Å².